The fourth-order valence-corrected chi connectivity index (χ4v) is 2.12. The molecule has 1 N–H and O–H groups in total. The minimum absolute atomic E-state index is 0.184. The maximum atomic E-state index is 5.71. The Labute approximate surface area is 139 Å². The highest BCUT2D eigenvalue weighted by Gasteiger charge is 2.01. The molecule has 0 saturated carbocycles. The maximum Gasteiger partial charge on any atom is 0.121 e. The van der Waals surface area contributed by atoms with E-state index in [9.17, 15) is 0 Å². The summed E-state index contributed by atoms with van der Waals surface area (Å²) in [5, 5.41) is 3.42. The average molecular weight is 313 g/mol. The van der Waals surface area contributed by atoms with Gasteiger partial charge in [0.2, 0.25) is 0 Å². The Morgan fingerprint density at radius 1 is 0.913 bits per heavy atom. The van der Waals surface area contributed by atoms with Gasteiger partial charge in [0, 0.05) is 18.3 Å². The molecule has 2 aromatic carbocycles. The van der Waals surface area contributed by atoms with E-state index in [1.807, 2.05) is 50.2 Å². The Balaban J connectivity index is 1.88. The highest BCUT2D eigenvalue weighted by molar-refractivity contribution is 5.48. The summed E-state index contributed by atoms with van der Waals surface area (Å²) < 4.78 is 11.4. The van der Waals surface area contributed by atoms with Crippen LogP contribution in [0, 0.1) is 5.92 Å². The molecule has 2 aromatic rings. The molecular formula is C20H27NO2. The lowest BCUT2D eigenvalue weighted by Crippen LogP contribution is -2.06. The molecule has 3 heteroatoms. The van der Waals surface area contributed by atoms with Crippen LogP contribution in [0.2, 0.25) is 0 Å². The van der Waals surface area contributed by atoms with E-state index in [0.29, 0.717) is 5.92 Å². The summed E-state index contributed by atoms with van der Waals surface area (Å²) in [6.07, 6.45) is 0.184. The first kappa shape index (κ1) is 17.2. The van der Waals surface area contributed by atoms with E-state index in [4.69, 9.17) is 9.47 Å². The Bertz CT molecular complexity index is 591. The van der Waals surface area contributed by atoms with E-state index < -0.39 is 0 Å². The van der Waals surface area contributed by atoms with E-state index in [0.717, 1.165) is 30.3 Å². The number of benzene rings is 2. The van der Waals surface area contributed by atoms with Gasteiger partial charge in [0.15, 0.2) is 0 Å². The first-order valence-electron chi connectivity index (χ1n) is 8.25. The molecule has 0 aliphatic carbocycles. The smallest absolute Gasteiger partial charge is 0.121 e. The van der Waals surface area contributed by atoms with Crippen molar-refractivity contribution in [3.05, 3.63) is 54.1 Å². The molecule has 0 unspecified atom stereocenters. The van der Waals surface area contributed by atoms with Crippen LogP contribution in [0.4, 0.5) is 5.69 Å². The summed E-state index contributed by atoms with van der Waals surface area (Å²) in [6, 6.07) is 16.3. The summed E-state index contributed by atoms with van der Waals surface area (Å²) in [5.74, 6) is 2.36. The van der Waals surface area contributed by atoms with Gasteiger partial charge in [-0.05, 0) is 49.6 Å². The normalized spacial score (nSPS) is 10.9. The zero-order valence-electron chi connectivity index (χ0n) is 14.5. The number of nitrogens with one attached hydrogen (secondary N) is 1. The van der Waals surface area contributed by atoms with Crippen molar-refractivity contribution in [3.8, 4) is 11.5 Å². The Morgan fingerprint density at radius 2 is 1.65 bits per heavy atom. The monoisotopic (exact) mass is 313 g/mol. The van der Waals surface area contributed by atoms with E-state index in [1.165, 1.54) is 5.56 Å². The van der Waals surface area contributed by atoms with Gasteiger partial charge < -0.3 is 14.8 Å². The van der Waals surface area contributed by atoms with Crippen LogP contribution in [0.5, 0.6) is 11.5 Å². The summed E-state index contributed by atoms with van der Waals surface area (Å²) in [4.78, 5) is 0. The molecule has 0 aliphatic rings. The summed E-state index contributed by atoms with van der Waals surface area (Å²) >= 11 is 0. The highest BCUT2D eigenvalue weighted by Crippen LogP contribution is 2.20. The van der Waals surface area contributed by atoms with Gasteiger partial charge in [0.1, 0.15) is 11.5 Å². The number of rotatable bonds is 8. The predicted molar refractivity (Wildman–Crippen MR) is 96.3 cm³/mol. The van der Waals surface area contributed by atoms with Crippen molar-refractivity contribution in [3.63, 3.8) is 0 Å². The second-order valence-electron chi connectivity index (χ2n) is 6.40. The van der Waals surface area contributed by atoms with Crippen LogP contribution < -0.4 is 14.8 Å². The molecule has 124 valence electrons. The lowest BCUT2D eigenvalue weighted by Gasteiger charge is -2.12. The molecule has 0 aliphatic heterocycles. The van der Waals surface area contributed by atoms with Gasteiger partial charge in [-0.15, -0.1) is 0 Å². The molecule has 0 heterocycles. The van der Waals surface area contributed by atoms with Crippen LogP contribution in [0.25, 0.3) is 0 Å². The van der Waals surface area contributed by atoms with Gasteiger partial charge in [-0.3, -0.25) is 0 Å². The molecule has 0 aromatic heterocycles. The summed E-state index contributed by atoms with van der Waals surface area (Å²) in [7, 11) is 0. The van der Waals surface area contributed by atoms with Gasteiger partial charge in [0.05, 0.1) is 12.7 Å². The SMILES string of the molecule is CC(C)COc1ccc(CNc2cccc(OC(C)C)c2)cc1. The molecule has 0 saturated heterocycles. The van der Waals surface area contributed by atoms with Crippen LogP contribution in [0.3, 0.4) is 0 Å². The molecule has 0 spiro atoms. The number of hydrogen-bond acceptors (Lipinski definition) is 3. The van der Waals surface area contributed by atoms with Crippen molar-refractivity contribution in [1.82, 2.24) is 0 Å². The standard InChI is InChI=1S/C20H27NO2/c1-15(2)14-22-19-10-8-17(9-11-19)13-21-18-6-5-7-20(12-18)23-16(3)4/h5-12,15-16,21H,13-14H2,1-4H3. The topological polar surface area (TPSA) is 30.5 Å². The Kier molecular flexibility index (Phi) is 6.33. The highest BCUT2D eigenvalue weighted by atomic mass is 16.5. The van der Waals surface area contributed by atoms with Gasteiger partial charge >= 0.3 is 0 Å². The second kappa shape index (κ2) is 8.47. The van der Waals surface area contributed by atoms with Crippen molar-refractivity contribution < 1.29 is 9.47 Å². The van der Waals surface area contributed by atoms with Gasteiger partial charge in [-0.25, -0.2) is 0 Å². The molecule has 23 heavy (non-hydrogen) atoms. The molecule has 2 rings (SSSR count). The summed E-state index contributed by atoms with van der Waals surface area (Å²) in [5.41, 5.74) is 2.28. The summed E-state index contributed by atoms with van der Waals surface area (Å²) in [6.45, 7) is 9.88. The zero-order valence-corrected chi connectivity index (χ0v) is 14.5. The average Bonchev–Trinajstić information content (AvgIpc) is 2.51. The van der Waals surface area contributed by atoms with Gasteiger partial charge in [0.25, 0.3) is 0 Å². The van der Waals surface area contributed by atoms with Crippen molar-refractivity contribution in [2.24, 2.45) is 5.92 Å². The van der Waals surface area contributed by atoms with E-state index in [2.05, 4.69) is 31.3 Å². The van der Waals surface area contributed by atoms with Crippen molar-refractivity contribution >= 4 is 5.69 Å². The Morgan fingerprint density at radius 3 is 2.30 bits per heavy atom. The lowest BCUT2D eigenvalue weighted by atomic mass is 10.2. The van der Waals surface area contributed by atoms with Crippen LogP contribution in [-0.2, 0) is 6.54 Å². The van der Waals surface area contributed by atoms with E-state index >= 15 is 0 Å². The van der Waals surface area contributed by atoms with Crippen molar-refractivity contribution in [1.29, 1.82) is 0 Å². The van der Waals surface area contributed by atoms with Gasteiger partial charge in [-0.2, -0.15) is 0 Å². The van der Waals surface area contributed by atoms with Crippen molar-refractivity contribution in [2.75, 3.05) is 11.9 Å². The molecule has 0 amide bonds. The molecular weight excluding hydrogens is 286 g/mol. The number of ether oxygens (including phenoxy) is 2. The molecule has 0 atom stereocenters. The predicted octanol–water partition coefficient (Wildman–Crippen LogP) is 5.12. The van der Waals surface area contributed by atoms with Crippen LogP contribution >= 0.6 is 0 Å². The molecule has 0 fully saturated rings. The fourth-order valence-electron chi connectivity index (χ4n) is 2.12. The number of hydrogen-bond donors (Lipinski definition) is 1. The third-order valence-corrected chi connectivity index (χ3v) is 3.21. The molecule has 0 radical (unpaired) electrons. The molecule has 0 bridgehead atoms. The fraction of sp³-hybridized carbons (Fsp3) is 0.400. The zero-order chi connectivity index (χ0) is 16.7. The quantitative estimate of drug-likeness (QED) is 0.733. The second-order valence-corrected chi connectivity index (χ2v) is 6.40. The van der Waals surface area contributed by atoms with Crippen LogP contribution in [0.15, 0.2) is 48.5 Å². The third-order valence-electron chi connectivity index (χ3n) is 3.21. The molecule has 3 nitrogen and oxygen atoms in total. The van der Waals surface area contributed by atoms with Crippen LogP contribution in [-0.4, -0.2) is 12.7 Å². The maximum absolute atomic E-state index is 5.71. The first-order chi connectivity index (χ1) is 11.0. The van der Waals surface area contributed by atoms with Gasteiger partial charge in [-0.1, -0.05) is 32.0 Å². The largest absolute Gasteiger partial charge is 0.493 e. The van der Waals surface area contributed by atoms with Crippen molar-refractivity contribution in [2.45, 2.75) is 40.3 Å². The third kappa shape index (κ3) is 6.23. The Hall–Kier alpha value is -2.16. The minimum atomic E-state index is 0.184. The lowest BCUT2D eigenvalue weighted by molar-refractivity contribution is 0.242. The number of anilines is 1. The van der Waals surface area contributed by atoms with Crippen LogP contribution in [0.1, 0.15) is 33.3 Å². The minimum Gasteiger partial charge on any atom is -0.493 e. The van der Waals surface area contributed by atoms with E-state index in [1.54, 1.807) is 0 Å². The first-order valence-corrected chi connectivity index (χ1v) is 8.25. The van der Waals surface area contributed by atoms with E-state index in [-0.39, 0.29) is 6.10 Å².